The van der Waals surface area contributed by atoms with E-state index in [0.717, 1.165) is 55.2 Å². The van der Waals surface area contributed by atoms with Crippen LogP contribution in [0.2, 0.25) is 0 Å². The van der Waals surface area contributed by atoms with Crippen molar-refractivity contribution in [1.82, 2.24) is 14.9 Å². The van der Waals surface area contributed by atoms with E-state index in [9.17, 15) is 5.11 Å². The highest BCUT2D eigenvalue weighted by atomic mass is 32.1. The van der Waals surface area contributed by atoms with Gasteiger partial charge in [-0.15, -0.1) is 11.3 Å². The third kappa shape index (κ3) is 3.62. The van der Waals surface area contributed by atoms with Crippen molar-refractivity contribution in [1.29, 1.82) is 0 Å². The molecule has 0 unspecified atom stereocenters. The predicted octanol–water partition coefficient (Wildman–Crippen LogP) is 3.20. The lowest BCUT2D eigenvalue weighted by molar-refractivity contribution is -0.0309. The summed E-state index contributed by atoms with van der Waals surface area (Å²) in [5.41, 5.74) is 2.39. The van der Waals surface area contributed by atoms with Crippen molar-refractivity contribution in [3.8, 4) is 0 Å². The first-order valence-electron chi connectivity index (χ1n) is 8.33. The number of likely N-dealkylation sites (tertiary alicyclic amines) is 1. The van der Waals surface area contributed by atoms with Crippen LogP contribution >= 0.6 is 11.3 Å². The molecule has 0 bridgehead atoms. The molecule has 0 amide bonds. The van der Waals surface area contributed by atoms with E-state index in [1.54, 1.807) is 11.3 Å². The van der Waals surface area contributed by atoms with Crippen LogP contribution in [0.15, 0.2) is 18.3 Å². The number of hydrogen-bond acceptors (Lipinski definition) is 5. The molecule has 2 aromatic heterocycles. The van der Waals surface area contributed by atoms with E-state index in [2.05, 4.69) is 28.7 Å². The molecule has 124 valence electrons. The maximum Gasteiger partial charge on any atom is 0.109 e. The zero-order valence-electron chi connectivity index (χ0n) is 14.2. The van der Waals surface area contributed by atoms with Gasteiger partial charge in [0, 0.05) is 30.7 Å². The molecule has 0 saturated carbocycles. The molecule has 3 heterocycles. The van der Waals surface area contributed by atoms with Crippen LogP contribution in [0.25, 0.3) is 0 Å². The van der Waals surface area contributed by atoms with Gasteiger partial charge >= 0.3 is 0 Å². The molecule has 2 aromatic rings. The molecule has 0 atom stereocenters. The maximum absolute atomic E-state index is 10.9. The van der Waals surface area contributed by atoms with Gasteiger partial charge in [0.15, 0.2) is 0 Å². The molecular weight excluding hydrogens is 306 g/mol. The first kappa shape index (κ1) is 16.6. The fourth-order valence-electron chi connectivity index (χ4n) is 3.20. The van der Waals surface area contributed by atoms with Crippen molar-refractivity contribution in [3.05, 3.63) is 45.2 Å². The molecule has 1 aliphatic rings. The predicted molar refractivity (Wildman–Crippen MR) is 93.6 cm³/mol. The van der Waals surface area contributed by atoms with Crippen LogP contribution in [0.1, 0.15) is 46.6 Å². The summed E-state index contributed by atoms with van der Waals surface area (Å²) in [5.74, 6) is 0. The molecule has 4 nitrogen and oxygen atoms in total. The van der Waals surface area contributed by atoms with Crippen LogP contribution < -0.4 is 0 Å². The molecule has 0 aliphatic carbocycles. The van der Waals surface area contributed by atoms with E-state index < -0.39 is 5.60 Å². The van der Waals surface area contributed by atoms with Crippen molar-refractivity contribution in [2.75, 3.05) is 13.1 Å². The average Bonchev–Trinajstić information content (AvgIpc) is 2.90. The molecule has 23 heavy (non-hydrogen) atoms. The van der Waals surface area contributed by atoms with Gasteiger partial charge in [-0.2, -0.15) is 0 Å². The average molecular weight is 331 g/mol. The number of nitrogens with zero attached hydrogens (tertiary/aromatic N) is 3. The van der Waals surface area contributed by atoms with E-state index >= 15 is 0 Å². The monoisotopic (exact) mass is 331 g/mol. The molecule has 1 aliphatic heterocycles. The van der Waals surface area contributed by atoms with E-state index in [1.165, 1.54) is 10.6 Å². The third-order valence-electron chi connectivity index (χ3n) is 4.66. The minimum absolute atomic E-state index is 0.738. The summed E-state index contributed by atoms with van der Waals surface area (Å²) >= 11 is 1.80. The third-order valence-corrected chi connectivity index (χ3v) is 5.66. The number of rotatable bonds is 4. The van der Waals surface area contributed by atoms with Crippen LogP contribution in [0.5, 0.6) is 0 Å². The number of hydrogen-bond donors (Lipinski definition) is 1. The summed E-state index contributed by atoms with van der Waals surface area (Å²) in [6.45, 7) is 9.00. The van der Waals surface area contributed by atoms with Gasteiger partial charge in [0.05, 0.1) is 16.4 Å². The highest BCUT2D eigenvalue weighted by Crippen LogP contribution is 2.32. The van der Waals surface area contributed by atoms with Crippen LogP contribution in [-0.2, 0) is 18.6 Å². The molecule has 0 radical (unpaired) electrons. The minimum Gasteiger partial charge on any atom is -0.383 e. The Morgan fingerprint density at radius 3 is 2.61 bits per heavy atom. The van der Waals surface area contributed by atoms with E-state index in [0.29, 0.717) is 0 Å². The molecule has 0 spiro atoms. The molecule has 1 saturated heterocycles. The van der Waals surface area contributed by atoms with Gasteiger partial charge in [-0.1, -0.05) is 13.0 Å². The molecule has 1 N–H and O–H groups in total. The zero-order chi connectivity index (χ0) is 16.4. The standard InChI is InChI=1S/C18H25N3OS/c1-4-15-16(23-14(3)20-15)12-21-9-7-18(22,8-10-21)17-6-5-13(2)11-19-17/h5-6,11,22H,4,7-10,12H2,1-3H3. The minimum atomic E-state index is -0.776. The Morgan fingerprint density at radius 1 is 1.26 bits per heavy atom. The van der Waals surface area contributed by atoms with Gasteiger partial charge in [-0.05, 0) is 44.7 Å². The molecule has 1 fully saturated rings. The van der Waals surface area contributed by atoms with Crippen molar-refractivity contribution in [2.24, 2.45) is 0 Å². The Balaban J connectivity index is 1.64. The number of aryl methyl sites for hydroxylation is 3. The molecule has 3 rings (SSSR count). The van der Waals surface area contributed by atoms with Crippen molar-refractivity contribution >= 4 is 11.3 Å². The van der Waals surface area contributed by atoms with Crippen LogP contribution in [-0.4, -0.2) is 33.1 Å². The van der Waals surface area contributed by atoms with Crippen molar-refractivity contribution in [3.63, 3.8) is 0 Å². The van der Waals surface area contributed by atoms with Crippen molar-refractivity contribution < 1.29 is 5.11 Å². The Morgan fingerprint density at radius 2 is 2.00 bits per heavy atom. The first-order valence-corrected chi connectivity index (χ1v) is 9.15. The lowest BCUT2D eigenvalue weighted by atomic mass is 9.87. The Bertz CT molecular complexity index is 657. The zero-order valence-corrected chi connectivity index (χ0v) is 15.0. The number of piperidine rings is 1. The summed E-state index contributed by atoms with van der Waals surface area (Å²) in [4.78, 5) is 12.9. The van der Waals surface area contributed by atoms with Gasteiger partial charge in [0.2, 0.25) is 0 Å². The molecule has 5 heteroatoms. The summed E-state index contributed by atoms with van der Waals surface area (Å²) < 4.78 is 0. The van der Waals surface area contributed by atoms with E-state index in [-0.39, 0.29) is 0 Å². The maximum atomic E-state index is 10.9. The van der Waals surface area contributed by atoms with Crippen molar-refractivity contribution in [2.45, 2.75) is 52.2 Å². The quantitative estimate of drug-likeness (QED) is 0.935. The smallest absolute Gasteiger partial charge is 0.109 e. The van der Waals surface area contributed by atoms with Crippen LogP contribution in [0.3, 0.4) is 0 Å². The summed E-state index contributed by atoms with van der Waals surface area (Å²) in [7, 11) is 0. The molecular formula is C18H25N3OS. The number of aromatic nitrogens is 2. The number of pyridine rings is 1. The Labute approximate surface area is 142 Å². The Hall–Kier alpha value is -1.30. The van der Waals surface area contributed by atoms with E-state index in [4.69, 9.17) is 0 Å². The van der Waals surface area contributed by atoms with Gasteiger partial charge in [-0.25, -0.2) is 4.98 Å². The second kappa shape index (κ2) is 6.67. The summed E-state index contributed by atoms with van der Waals surface area (Å²) in [6.07, 6.45) is 4.31. The summed E-state index contributed by atoms with van der Waals surface area (Å²) in [6, 6.07) is 3.99. The number of aliphatic hydroxyl groups is 1. The highest BCUT2D eigenvalue weighted by molar-refractivity contribution is 7.11. The van der Waals surface area contributed by atoms with Crippen LogP contribution in [0.4, 0.5) is 0 Å². The van der Waals surface area contributed by atoms with Gasteiger partial charge in [0.1, 0.15) is 5.60 Å². The second-order valence-corrected chi connectivity index (χ2v) is 7.77. The number of thiazole rings is 1. The second-order valence-electron chi connectivity index (χ2n) is 6.48. The highest BCUT2D eigenvalue weighted by Gasteiger charge is 2.35. The van der Waals surface area contributed by atoms with E-state index in [1.807, 2.05) is 25.3 Å². The lowest BCUT2D eigenvalue weighted by Crippen LogP contribution is -2.42. The van der Waals surface area contributed by atoms with Crippen LogP contribution in [0, 0.1) is 13.8 Å². The van der Waals surface area contributed by atoms with Gasteiger partial charge in [-0.3, -0.25) is 9.88 Å². The largest absolute Gasteiger partial charge is 0.383 e. The normalized spacial score (nSPS) is 18.3. The fraction of sp³-hybridized carbons (Fsp3) is 0.556. The topological polar surface area (TPSA) is 49.2 Å². The Kier molecular flexibility index (Phi) is 4.80. The molecule has 0 aromatic carbocycles. The fourth-order valence-corrected chi connectivity index (χ4v) is 4.26. The first-order chi connectivity index (χ1) is 11.0. The SMILES string of the molecule is CCc1nc(C)sc1CN1CCC(O)(c2ccc(C)cn2)CC1. The lowest BCUT2D eigenvalue weighted by Gasteiger charge is -2.37. The van der Waals surface area contributed by atoms with Gasteiger partial charge in [0.25, 0.3) is 0 Å². The summed E-state index contributed by atoms with van der Waals surface area (Å²) in [5, 5.41) is 12.1. The van der Waals surface area contributed by atoms with Gasteiger partial charge < -0.3 is 5.11 Å².